The number of nitrogens with zero attached hydrogens (tertiary/aromatic N) is 2. The number of carbonyl (C=O) groups excluding carboxylic acids is 1. The first-order valence-corrected chi connectivity index (χ1v) is 10.7. The van der Waals surface area contributed by atoms with Gasteiger partial charge in [-0.15, -0.1) is 5.06 Å². The lowest BCUT2D eigenvalue weighted by Gasteiger charge is -2.30. The van der Waals surface area contributed by atoms with Gasteiger partial charge in [0.2, 0.25) is 6.23 Å². The van der Waals surface area contributed by atoms with Crippen molar-refractivity contribution in [3.63, 3.8) is 0 Å². The average molecular weight is 401 g/mol. The highest BCUT2D eigenvalue weighted by molar-refractivity contribution is 5.78. The Morgan fingerprint density at radius 3 is 2.60 bits per heavy atom. The fourth-order valence-electron chi connectivity index (χ4n) is 4.56. The van der Waals surface area contributed by atoms with Crippen molar-refractivity contribution >= 4 is 17.2 Å². The van der Waals surface area contributed by atoms with Crippen LogP contribution in [0.1, 0.15) is 49.4 Å². The van der Waals surface area contributed by atoms with Crippen LogP contribution >= 0.6 is 0 Å². The molecule has 2 heterocycles. The largest absolute Gasteiger partial charge is 0.487 e. The number of hydroxylamine groups is 2. The quantitative estimate of drug-likeness (QED) is 0.515. The second-order valence-electron chi connectivity index (χ2n) is 8.13. The third kappa shape index (κ3) is 4.09. The molecule has 153 valence electrons. The molecule has 5 rings (SSSR count). The van der Waals surface area contributed by atoms with Crippen LogP contribution in [-0.4, -0.2) is 22.6 Å². The summed E-state index contributed by atoms with van der Waals surface area (Å²) in [6.07, 6.45) is 7.55. The van der Waals surface area contributed by atoms with Gasteiger partial charge in [-0.1, -0.05) is 55.7 Å². The van der Waals surface area contributed by atoms with E-state index in [1.54, 1.807) is 5.06 Å². The van der Waals surface area contributed by atoms with Gasteiger partial charge in [0, 0.05) is 5.39 Å². The van der Waals surface area contributed by atoms with E-state index in [1.165, 1.54) is 32.1 Å². The van der Waals surface area contributed by atoms with Crippen molar-refractivity contribution in [2.45, 2.75) is 51.0 Å². The summed E-state index contributed by atoms with van der Waals surface area (Å²) in [6, 6.07) is 20.4. The molecular formula is C25H25N2O3. The minimum atomic E-state index is -0.521. The van der Waals surface area contributed by atoms with E-state index in [-0.39, 0.29) is 6.04 Å². The van der Waals surface area contributed by atoms with E-state index in [2.05, 4.69) is 29.2 Å². The highest BCUT2D eigenvalue weighted by Gasteiger charge is 2.46. The van der Waals surface area contributed by atoms with Crippen LogP contribution in [0.25, 0.3) is 10.9 Å². The van der Waals surface area contributed by atoms with E-state index in [0.717, 1.165) is 27.9 Å². The zero-order chi connectivity index (χ0) is 20.3. The van der Waals surface area contributed by atoms with Crippen LogP contribution < -0.4 is 4.74 Å². The number of aromatic nitrogens is 1. The standard InChI is InChI=1S/C25H25N2O3/c28-16-24-27(30-24)25(19-7-2-1-3-8-19)20-11-14-22(15-12-20)29-17-21-13-10-18-6-4-5-9-23(18)26-21/h4-6,9-15,19,24-25H,1-3,7-8,17H2. The van der Waals surface area contributed by atoms with Gasteiger partial charge in [-0.05, 0) is 48.6 Å². The van der Waals surface area contributed by atoms with Crippen molar-refractivity contribution in [3.05, 3.63) is 71.9 Å². The number of para-hydroxylation sites is 1. The lowest BCUT2D eigenvalue weighted by Crippen LogP contribution is -2.24. The molecule has 1 aromatic heterocycles. The molecular weight excluding hydrogens is 376 g/mol. The predicted octanol–water partition coefficient (Wildman–Crippen LogP) is 5.12. The summed E-state index contributed by atoms with van der Waals surface area (Å²) in [4.78, 5) is 21.2. The summed E-state index contributed by atoms with van der Waals surface area (Å²) in [7, 11) is 0. The highest BCUT2D eigenvalue weighted by atomic mass is 16.8. The van der Waals surface area contributed by atoms with Gasteiger partial charge in [-0.25, -0.2) is 4.98 Å². The van der Waals surface area contributed by atoms with Crippen molar-refractivity contribution < 1.29 is 14.4 Å². The van der Waals surface area contributed by atoms with Gasteiger partial charge in [-0.2, -0.15) is 0 Å². The molecule has 1 aliphatic heterocycles. The lowest BCUT2D eigenvalue weighted by atomic mass is 9.81. The van der Waals surface area contributed by atoms with Gasteiger partial charge in [-0.3, -0.25) is 9.63 Å². The molecule has 3 aromatic rings. The molecule has 5 heteroatoms. The van der Waals surface area contributed by atoms with Gasteiger partial charge in [0.15, 0.2) is 0 Å². The van der Waals surface area contributed by atoms with Gasteiger partial charge < -0.3 is 4.74 Å². The smallest absolute Gasteiger partial charge is 0.250 e. The van der Waals surface area contributed by atoms with E-state index in [1.807, 2.05) is 42.7 Å². The Kier molecular flexibility index (Phi) is 5.47. The van der Waals surface area contributed by atoms with Crippen molar-refractivity contribution in [2.24, 2.45) is 5.92 Å². The van der Waals surface area contributed by atoms with Crippen LogP contribution in [-0.2, 0) is 16.2 Å². The maximum atomic E-state index is 11.0. The molecule has 5 nitrogen and oxygen atoms in total. The molecule has 1 saturated heterocycles. The van der Waals surface area contributed by atoms with E-state index in [0.29, 0.717) is 12.5 Å². The fraction of sp³-hybridized carbons (Fsp3) is 0.360. The summed E-state index contributed by atoms with van der Waals surface area (Å²) in [5.41, 5.74) is 3.04. The van der Waals surface area contributed by atoms with Crippen LogP contribution in [0.15, 0.2) is 60.7 Å². The van der Waals surface area contributed by atoms with Crippen molar-refractivity contribution in [1.82, 2.24) is 10.0 Å². The van der Waals surface area contributed by atoms with Gasteiger partial charge in [0.25, 0.3) is 6.29 Å². The Morgan fingerprint density at radius 1 is 1.03 bits per heavy atom. The highest BCUT2D eigenvalue weighted by Crippen LogP contribution is 2.44. The Hall–Kier alpha value is -2.76. The Labute approximate surface area is 176 Å². The van der Waals surface area contributed by atoms with Crippen LogP contribution in [0.5, 0.6) is 5.75 Å². The molecule has 1 saturated carbocycles. The van der Waals surface area contributed by atoms with E-state index < -0.39 is 6.23 Å². The second-order valence-corrected chi connectivity index (χ2v) is 8.13. The topological polar surface area (TPSA) is 54.7 Å². The Morgan fingerprint density at radius 2 is 1.83 bits per heavy atom. The predicted molar refractivity (Wildman–Crippen MR) is 114 cm³/mol. The molecule has 3 atom stereocenters. The van der Waals surface area contributed by atoms with Crippen LogP contribution in [0, 0.1) is 5.92 Å². The zero-order valence-electron chi connectivity index (χ0n) is 16.9. The second kappa shape index (κ2) is 8.54. The van der Waals surface area contributed by atoms with Crippen molar-refractivity contribution in [2.75, 3.05) is 0 Å². The normalized spacial score (nSPS) is 22.5. The number of hydrogen-bond donors (Lipinski definition) is 0. The zero-order valence-corrected chi connectivity index (χ0v) is 16.9. The van der Waals surface area contributed by atoms with Crippen molar-refractivity contribution in [1.29, 1.82) is 0 Å². The molecule has 2 aromatic carbocycles. The number of ether oxygens (including phenoxy) is 1. The van der Waals surface area contributed by atoms with Gasteiger partial charge in [0.1, 0.15) is 12.4 Å². The monoisotopic (exact) mass is 401 g/mol. The molecule has 2 fully saturated rings. The SMILES string of the molecule is O=[C]C1ON1C(c1ccc(OCc2ccc3ccccc3n2)cc1)C1CCCCC1. The minimum absolute atomic E-state index is 0.105. The maximum Gasteiger partial charge on any atom is 0.250 e. The third-order valence-electron chi connectivity index (χ3n) is 6.14. The molecule has 3 unspecified atom stereocenters. The Bertz CT molecular complexity index is 1010. The first-order chi connectivity index (χ1) is 14.8. The van der Waals surface area contributed by atoms with Crippen molar-refractivity contribution in [3.8, 4) is 5.75 Å². The summed E-state index contributed by atoms with van der Waals surface area (Å²) in [5.74, 6) is 1.31. The molecule has 0 spiro atoms. The van der Waals surface area contributed by atoms with Crippen LogP contribution in [0.4, 0.5) is 0 Å². The number of hydrogen-bond acceptors (Lipinski definition) is 5. The fourth-order valence-corrected chi connectivity index (χ4v) is 4.56. The Balaban J connectivity index is 1.28. The van der Waals surface area contributed by atoms with Crippen LogP contribution in [0.2, 0.25) is 0 Å². The summed E-state index contributed by atoms with van der Waals surface area (Å²) < 4.78 is 5.97. The van der Waals surface area contributed by atoms with Gasteiger partial charge in [0.05, 0.1) is 17.3 Å². The first kappa shape index (κ1) is 19.2. The maximum absolute atomic E-state index is 11.0. The molecule has 0 amide bonds. The molecule has 2 aliphatic rings. The number of pyridine rings is 1. The number of fused-ring (bicyclic) bond motifs is 1. The molecule has 1 radical (unpaired) electrons. The van der Waals surface area contributed by atoms with Crippen LogP contribution in [0.3, 0.4) is 0 Å². The number of benzene rings is 2. The molecule has 0 bridgehead atoms. The third-order valence-corrected chi connectivity index (χ3v) is 6.14. The molecule has 0 N–H and O–H groups in total. The lowest BCUT2D eigenvalue weighted by molar-refractivity contribution is 0.0896. The van der Waals surface area contributed by atoms with E-state index in [9.17, 15) is 4.79 Å². The first-order valence-electron chi connectivity index (χ1n) is 10.7. The molecule has 30 heavy (non-hydrogen) atoms. The number of rotatable bonds is 7. The van der Waals surface area contributed by atoms with E-state index in [4.69, 9.17) is 9.57 Å². The average Bonchev–Trinajstić information content (AvgIpc) is 3.59. The van der Waals surface area contributed by atoms with E-state index >= 15 is 0 Å². The minimum Gasteiger partial charge on any atom is -0.487 e. The molecule has 1 aliphatic carbocycles. The van der Waals surface area contributed by atoms with Gasteiger partial charge >= 0.3 is 0 Å². The summed E-state index contributed by atoms with van der Waals surface area (Å²) in [5, 5.41) is 2.93. The summed E-state index contributed by atoms with van der Waals surface area (Å²) >= 11 is 0. The summed E-state index contributed by atoms with van der Waals surface area (Å²) in [6.45, 7) is 0.424.